The van der Waals surface area contributed by atoms with Crippen molar-refractivity contribution >= 4 is 0 Å². The lowest BCUT2D eigenvalue weighted by atomic mass is 10.0. The van der Waals surface area contributed by atoms with Gasteiger partial charge in [0.1, 0.15) is 5.75 Å². The van der Waals surface area contributed by atoms with Crippen LogP contribution in [0.4, 0.5) is 0 Å². The Morgan fingerprint density at radius 1 is 0.840 bits per heavy atom. The zero-order chi connectivity index (χ0) is 17.7. The number of hydrogen-bond donors (Lipinski definition) is 0. The van der Waals surface area contributed by atoms with Gasteiger partial charge in [-0.05, 0) is 18.6 Å². The molecule has 0 amide bonds. The Morgan fingerprint density at radius 3 is 1.96 bits per heavy atom. The molecule has 2 rings (SSSR count). The summed E-state index contributed by atoms with van der Waals surface area (Å²) in [5.41, 5.74) is 1.07. The maximum Gasteiger partial charge on any atom is 0.183 e. The van der Waals surface area contributed by atoms with E-state index in [2.05, 4.69) is 6.92 Å². The summed E-state index contributed by atoms with van der Waals surface area (Å²) in [6.07, 6.45) is 13.5. The number of benzene rings is 1. The molecule has 0 N–H and O–H groups in total. The van der Waals surface area contributed by atoms with Crippen molar-refractivity contribution in [1.29, 1.82) is 0 Å². The van der Waals surface area contributed by atoms with E-state index >= 15 is 0 Å². The first kappa shape index (κ1) is 20.3. The summed E-state index contributed by atoms with van der Waals surface area (Å²) in [4.78, 5) is 0. The van der Waals surface area contributed by atoms with Crippen LogP contribution in [-0.4, -0.2) is 20.3 Å². The van der Waals surface area contributed by atoms with E-state index in [0.717, 1.165) is 24.5 Å². The van der Waals surface area contributed by atoms with Gasteiger partial charge in [0.25, 0.3) is 0 Å². The van der Waals surface area contributed by atoms with Gasteiger partial charge in [0, 0.05) is 11.5 Å². The van der Waals surface area contributed by atoms with Crippen molar-refractivity contribution in [3.05, 3.63) is 29.8 Å². The largest absolute Gasteiger partial charge is 0.497 e. The van der Waals surface area contributed by atoms with Gasteiger partial charge < -0.3 is 14.2 Å². The molecule has 0 unspecified atom stereocenters. The van der Waals surface area contributed by atoms with Crippen LogP contribution < -0.4 is 4.74 Å². The Morgan fingerprint density at radius 2 is 1.40 bits per heavy atom. The third-order valence-electron chi connectivity index (χ3n) is 5.07. The van der Waals surface area contributed by atoms with E-state index in [1.165, 1.54) is 64.2 Å². The topological polar surface area (TPSA) is 27.7 Å². The normalized spacial score (nSPS) is 20.6. The fourth-order valence-corrected chi connectivity index (χ4v) is 3.41. The molecular formula is C22H36O3. The molecule has 0 saturated carbocycles. The van der Waals surface area contributed by atoms with E-state index < -0.39 is 0 Å². The molecule has 1 aliphatic heterocycles. The molecule has 1 heterocycles. The number of ether oxygens (including phenoxy) is 3. The van der Waals surface area contributed by atoms with Crippen LogP contribution in [0.2, 0.25) is 0 Å². The summed E-state index contributed by atoms with van der Waals surface area (Å²) in [5, 5.41) is 0. The van der Waals surface area contributed by atoms with E-state index in [1.54, 1.807) is 7.11 Å². The lowest BCUT2D eigenvalue weighted by Gasteiger charge is -2.29. The molecule has 1 aliphatic rings. The van der Waals surface area contributed by atoms with Crippen molar-refractivity contribution in [1.82, 2.24) is 0 Å². The minimum atomic E-state index is -0.217. The highest BCUT2D eigenvalue weighted by Gasteiger charge is 2.23. The highest BCUT2D eigenvalue weighted by molar-refractivity contribution is 5.27. The Bertz CT molecular complexity index is 435. The van der Waals surface area contributed by atoms with E-state index in [0.29, 0.717) is 5.92 Å². The molecule has 0 aliphatic carbocycles. The molecule has 3 nitrogen and oxygen atoms in total. The summed E-state index contributed by atoms with van der Waals surface area (Å²) in [6, 6.07) is 7.95. The number of hydrogen-bond acceptors (Lipinski definition) is 3. The van der Waals surface area contributed by atoms with Crippen molar-refractivity contribution < 1.29 is 14.2 Å². The van der Waals surface area contributed by atoms with Crippen LogP contribution in [-0.2, 0) is 9.47 Å². The molecule has 0 spiro atoms. The van der Waals surface area contributed by atoms with E-state index in [4.69, 9.17) is 14.2 Å². The van der Waals surface area contributed by atoms with Gasteiger partial charge in [-0.25, -0.2) is 0 Å². The Balaban J connectivity index is 1.50. The molecule has 1 aromatic rings. The van der Waals surface area contributed by atoms with Gasteiger partial charge >= 0.3 is 0 Å². The molecule has 0 atom stereocenters. The highest BCUT2D eigenvalue weighted by atomic mass is 16.7. The first-order chi connectivity index (χ1) is 12.3. The lowest BCUT2D eigenvalue weighted by molar-refractivity contribution is -0.206. The molecule has 1 aromatic carbocycles. The van der Waals surface area contributed by atoms with Crippen molar-refractivity contribution in [2.75, 3.05) is 20.3 Å². The first-order valence-electron chi connectivity index (χ1n) is 10.2. The average Bonchev–Trinajstić information content (AvgIpc) is 2.67. The Labute approximate surface area is 154 Å². The van der Waals surface area contributed by atoms with Crippen molar-refractivity contribution in [2.45, 2.75) is 77.4 Å². The Hall–Kier alpha value is -1.06. The molecule has 3 heteroatoms. The number of methoxy groups -OCH3 is 1. The minimum absolute atomic E-state index is 0.217. The zero-order valence-electron chi connectivity index (χ0n) is 16.2. The van der Waals surface area contributed by atoms with Crippen LogP contribution in [0.1, 0.15) is 83.0 Å². The Kier molecular flexibility index (Phi) is 9.98. The minimum Gasteiger partial charge on any atom is -0.497 e. The van der Waals surface area contributed by atoms with Gasteiger partial charge in [-0.3, -0.25) is 0 Å². The van der Waals surface area contributed by atoms with Crippen molar-refractivity contribution in [3.8, 4) is 5.75 Å². The quantitative estimate of drug-likeness (QED) is 0.416. The van der Waals surface area contributed by atoms with Crippen LogP contribution in [0.25, 0.3) is 0 Å². The monoisotopic (exact) mass is 348 g/mol. The fourth-order valence-electron chi connectivity index (χ4n) is 3.41. The molecule has 0 aromatic heterocycles. The second-order valence-corrected chi connectivity index (χ2v) is 7.25. The van der Waals surface area contributed by atoms with Crippen LogP contribution in [0.3, 0.4) is 0 Å². The predicted octanol–water partition coefficient (Wildman–Crippen LogP) is 6.28. The van der Waals surface area contributed by atoms with Gasteiger partial charge in [0.05, 0.1) is 20.3 Å². The second kappa shape index (κ2) is 12.3. The molecule has 0 radical (unpaired) electrons. The maximum absolute atomic E-state index is 5.92. The van der Waals surface area contributed by atoms with Crippen LogP contribution in [0, 0.1) is 5.92 Å². The summed E-state index contributed by atoms with van der Waals surface area (Å²) in [5.74, 6) is 1.42. The molecule has 25 heavy (non-hydrogen) atoms. The van der Waals surface area contributed by atoms with Crippen molar-refractivity contribution in [3.63, 3.8) is 0 Å². The number of rotatable bonds is 12. The second-order valence-electron chi connectivity index (χ2n) is 7.25. The van der Waals surface area contributed by atoms with E-state index in [9.17, 15) is 0 Å². The summed E-state index contributed by atoms with van der Waals surface area (Å²) >= 11 is 0. The smallest absolute Gasteiger partial charge is 0.183 e. The third kappa shape index (κ3) is 7.79. The number of unbranched alkanes of at least 4 members (excludes halogenated alkanes) is 8. The van der Waals surface area contributed by atoms with Crippen LogP contribution in [0.15, 0.2) is 24.3 Å². The fraction of sp³-hybridized carbons (Fsp3) is 0.727. The van der Waals surface area contributed by atoms with Gasteiger partial charge in [-0.1, -0.05) is 76.8 Å². The average molecular weight is 349 g/mol. The highest BCUT2D eigenvalue weighted by Crippen LogP contribution is 2.28. The molecule has 0 bridgehead atoms. The van der Waals surface area contributed by atoms with Crippen molar-refractivity contribution in [2.24, 2.45) is 5.92 Å². The molecule has 1 fully saturated rings. The van der Waals surface area contributed by atoms with Gasteiger partial charge in [0.15, 0.2) is 6.29 Å². The molecule has 1 saturated heterocycles. The zero-order valence-corrected chi connectivity index (χ0v) is 16.2. The van der Waals surface area contributed by atoms with Gasteiger partial charge in [-0.2, -0.15) is 0 Å². The van der Waals surface area contributed by atoms with Crippen LogP contribution in [0.5, 0.6) is 5.75 Å². The third-order valence-corrected chi connectivity index (χ3v) is 5.07. The van der Waals surface area contributed by atoms with E-state index in [-0.39, 0.29) is 6.29 Å². The lowest BCUT2D eigenvalue weighted by Crippen LogP contribution is -2.27. The van der Waals surface area contributed by atoms with Gasteiger partial charge in [-0.15, -0.1) is 0 Å². The standard InChI is InChI=1S/C22H36O3/c1-3-4-5-6-7-8-9-10-11-12-19-17-24-22(25-18-19)20-13-15-21(23-2)16-14-20/h13-16,19,22H,3-12,17-18H2,1-2H3. The summed E-state index contributed by atoms with van der Waals surface area (Å²) in [7, 11) is 1.68. The summed E-state index contributed by atoms with van der Waals surface area (Å²) < 4.78 is 17.0. The summed E-state index contributed by atoms with van der Waals surface area (Å²) in [6.45, 7) is 3.90. The predicted molar refractivity (Wildman–Crippen MR) is 103 cm³/mol. The first-order valence-corrected chi connectivity index (χ1v) is 10.2. The van der Waals surface area contributed by atoms with Gasteiger partial charge in [0.2, 0.25) is 0 Å². The maximum atomic E-state index is 5.92. The van der Waals surface area contributed by atoms with Crippen LogP contribution >= 0.6 is 0 Å². The SMILES string of the molecule is CCCCCCCCCCCC1COC(c2ccc(OC)cc2)OC1. The van der Waals surface area contributed by atoms with E-state index in [1.807, 2.05) is 24.3 Å². The molecular weight excluding hydrogens is 312 g/mol. The molecule has 142 valence electrons.